The topological polar surface area (TPSA) is 52.8 Å². The van der Waals surface area contributed by atoms with Crippen LogP contribution in [0.15, 0.2) is 24.8 Å². The van der Waals surface area contributed by atoms with Gasteiger partial charge in [-0.3, -0.25) is 4.57 Å². The molecule has 2 aromatic heterocycles. The highest BCUT2D eigenvalue weighted by Crippen LogP contribution is 2.10. The maximum Gasteiger partial charge on any atom is 0.238 e. The molecule has 0 aliphatic carbocycles. The molecule has 14 heavy (non-hydrogen) atoms. The SMILES string of the molecule is COc1cc(C)nc(-n2ccnc2)n1. The molecule has 5 nitrogen and oxygen atoms in total. The van der Waals surface area contributed by atoms with Crippen LogP contribution < -0.4 is 4.74 Å². The van der Waals surface area contributed by atoms with E-state index in [0.717, 1.165) is 5.69 Å². The fourth-order valence-electron chi connectivity index (χ4n) is 1.12. The van der Waals surface area contributed by atoms with Gasteiger partial charge in [-0.1, -0.05) is 0 Å². The van der Waals surface area contributed by atoms with E-state index < -0.39 is 0 Å². The second-order valence-corrected chi connectivity index (χ2v) is 2.82. The van der Waals surface area contributed by atoms with Crippen LogP contribution in [0.1, 0.15) is 5.69 Å². The third-order valence-corrected chi connectivity index (χ3v) is 1.76. The van der Waals surface area contributed by atoms with Crippen molar-refractivity contribution in [2.24, 2.45) is 0 Å². The lowest BCUT2D eigenvalue weighted by Gasteiger charge is -2.04. The van der Waals surface area contributed by atoms with Gasteiger partial charge < -0.3 is 4.74 Å². The predicted molar refractivity (Wildman–Crippen MR) is 50.4 cm³/mol. The van der Waals surface area contributed by atoms with Gasteiger partial charge in [0.2, 0.25) is 11.8 Å². The van der Waals surface area contributed by atoms with Gasteiger partial charge in [0.15, 0.2) is 0 Å². The second-order valence-electron chi connectivity index (χ2n) is 2.82. The molecule has 0 fully saturated rings. The van der Waals surface area contributed by atoms with Crippen molar-refractivity contribution < 1.29 is 4.74 Å². The summed E-state index contributed by atoms with van der Waals surface area (Å²) in [5.74, 6) is 1.13. The Hall–Kier alpha value is -1.91. The van der Waals surface area contributed by atoms with Crippen molar-refractivity contribution in [3.63, 3.8) is 0 Å². The van der Waals surface area contributed by atoms with Crippen molar-refractivity contribution in [3.8, 4) is 11.8 Å². The van der Waals surface area contributed by atoms with E-state index in [9.17, 15) is 0 Å². The summed E-state index contributed by atoms with van der Waals surface area (Å²) in [5, 5.41) is 0. The smallest absolute Gasteiger partial charge is 0.238 e. The number of imidazole rings is 1. The number of methoxy groups -OCH3 is 1. The molecule has 2 aromatic rings. The summed E-state index contributed by atoms with van der Waals surface area (Å²) < 4.78 is 6.78. The summed E-state index contributed by atoms with van der Waals surface area (Å²) in [6.07, 6.45) is 5.11. The first-order valence-corrected chi connectivity index (χ1v) is 4.17. The zero-order chi connectivity index (χ0) is 9.97. The molecule has 0 unspecified atom stereocenters. The molecule has 0 saturated heterocycles. The summed E-state index contributed by atoms with van der Waals surface area (Å²) in [6, 6.07) is 1.78. The molecule has 0 aliphatic heterocycles. The first kappa shape index (κ1) is 8.68. The van der Waals surface area contributed by atoms with Crippen LogP contribution in [0.25, 0.3) is 5.95 Å². The Bertz CT molecular complexity index is 424. The minimum absolute atomic E-state index is 0.557. The summed E-state index contributed by atoms with van der Waals surface area (Å²) in [7, 11) is 1.58. The van der Waals surface area contributed by atoms with Crippen LogP contribution in [0.4, 0.5) is 0 Å². The molecule has 2 rings (SSSR count). The van der Waals surface area contributed by atoms with E-state index >= 15 is 0 Å². The lowest BCUT2D eigenvalue weighted by Crippen LogP contribution is -2.01. The molecular weight excluding hydrogens is 180 g/mol. The Morgan fingerprint density at radius 1 is 1.36 bits per heavy atom. The van der Waals surface area contributed by atoms with Crippen LogP contribution in [-0.4, -0.2) is 26.6 Å². The van der Waals surface area contributed by atoms with Gasteiger partial charge in [0, 0.05) is 24.2 Å². The maximum atomic E-state index is 5.05. The number of hydrogen-bond acceptors (Lipinski definition) is 4. The van der Waals surface area contributed by atoms with Crippen molar-refractivity contribution in [3.05, 3.63) is 30.5 Å². The molecule has 2 heterocycles. The molecule has 0 bridgehead atoms. The number of rotatable bonds is 2. The fourth-order valence-corrected chi connectivity index (χ4v) is 1.12. The van der Waals surface area contributed by atoms with E-state index in [1.807, 2.05) is 6.92 Å². The van der Waals surface area contributed by atoms with E-state index in [1.165, 1.54) is 0 Å². The van der Waals surface area contributed by atoms with Crippen LogP contribution in [0.2, 0.25) is 0 Å². The highest BCUT2D eigenvalue weighted by molar-refractivity contribution is 5.22. The molecule has 0 aliphatic rings. The van der Waals surface area contributed by atoms with Crippen LogP contribution >= 0.6 is 0 Å². The van der Waals surface area contributed by atoms with Gasteiger partial charge in [-0.25, -0.2) is 9.97 Å². The number of aryl methyl sites for hydroxylation is 1. The average molecular weight is 190 g/mol. The predicted octanol–water partition coefficient (Wildman–Crippen LogP) is 0.979. The van der Waals surface area contributed by atoms with E-state index in [2.05, 4.69) is 15.0 Å². The van der Waals surface area contributed by atoms with Crippen LogP contribution in [-0.2, 0) is 0 Å². The van der Waals surface area contributed by atoms with E-state index in [0.29, 0.717) is 11.8 Å². The molecular formula is C9H10N4O. The van der Waals surface area contributed by atoms with E-state index in [-0.39, 0.29) is 0 Å². The molecule has 5 heteroatoms. The first-order chi connectivity index (χ1) is 6.79. The molecule has 0 saturated carbocycles. The summed E-state index contributed by atoms with van der Waals surface area (Å²) >= 11 is 0. The minimum atomic E-state index is 0.557. The van der Waals surface area contributed by atoms with Crippen LogP contribution in [0.5, 0.6) is 5.88 Å². The highest BCUT2D eigenvalue weighted by atomic mass is 16.5. The summed E-state index contributed by atoms with van der Waals surface area (Å²) in [6.45, 7) is 1.89. The summed E-state index contributed by atoms with van der Waals surface area (Å²) in [4.78, 5) is 12.4. The monoisotopic (exact) mass is 190 g/mol. The van der Waals surface area contributed by atoms with Gasteiger partial charge in [0.05, 0.1) is 7.11 Å². The number of ether oxygens (including phenoxy) is 1. The van der Waals surface area contributed by atoms with Gasteiger partial charge in [0.1, 0.15) is 6.33 Å². The van der Waals surface area contributed by atoms with Crippen LogP contribution in [0, 0.1) is 6.92 Å². The summed E-state index contributed by atoms with van der Waals surface area (Å²) in [5.41, 5.74) is 0.862. The Morgan fingerprint density at radius 2 is 2.21 bits per heavy atom. The maximum absolute atomic E-state index is 5.05. The minimum Gasteiger partial charge on any atom is -0.481 e. The van der Waals surface area contributed by atoms with Crippen molar-refractivity contribution in [2.75, 3.05) is 7.11 Å². The molecule has 0 radical (unpaired) electrons. The molecule has 0 amide bonds. The second kappa shape index (κ2) is 3.45. The van der Waals surface area contributed by atoms with Crippen LogP contribution in [0.3, 0.4) is 0 Å². The quantitative estimate of drug-likeness (QED) is 0.708. The van der Waals surface area contributed by atoms with Crippen molar-refractivity contribution in [2.45, 2.75) is 6.92 Å². The van der Waals surface area contributed by atoms with Crippen molar-refractivity contribution >= 4 is 0 Å². The first-order valence-electron chi connectivity index (χ1n) is 4.17. The normalized spacial score (nSPS) is 10.1. The van der Waals surface area contributed by atoms with Gasteiger partial charge in [-0.15, -0.1) is 0 Å². The average Bonchev–Trinajstić information content (AvgIpc) is 2.69. The molecule has 0 atom stereocenters. The highest BCUT2D eigenvalue weighted by Gasteiger charge is 2.03. The Labute approximate surface area is 81.4 Å². The van der Waals surface area contributed by atoms with Gasteiger partial charge in [-0.05, 0) is 6.92 Å². The standard InChI is InChI=1S/C9H10N4O/c1-7-5-8(14-2)12-9(11-7)13-4-3-10-6-13/h3-6H,1-2H3. The number of aromatic nitrogens is 4. The third-order valence-electron chi connectivity index (χ3n) is 1.76. The van der Waals surface area contributed by atoms with Crippen molar-refractivity contribution in [1.29, 1.82) is 0 Å². The Balaban J connectivity index is 2.48. The van der Waals surface area contributed by atoms with Gasteiger partial charge in [-0.2, -0.15) is 4.98 Å². The third kappa shape index (κ3) is 1.56. The fraction of sp³-hybridized carbons (Fsp3) is 0.222. The number of nitrogens with zero attached hydrogens (tertiary/aromatic N) is 4. The van der Waals surface area contributed by atoms with Crippen molar-refractivity contribution in [1.82, 2.24) is 19.5 Å². The zero-order valence-corrected chi connectivity index (χ0v) is 8.01. The Morgan fingerprint density at radius 3 is 2.86 bits per heavy atom. The lowest BCUT2D eigenvalue weighted by molar-refractivity contribution is 0.395. The molecule has 0 spiro atoms. The van der Waals surface area contributed by atoms with E-state index in [1.54, 1.807) is 36.5 Å². The van der Waals surface area contributed by atoms with Gasteiger partial charge in [0.25, 0.3) is 0 Å². The molecule has 0 N–H and O–H groups in total. The Kier molecular flexibility index (Phi) is 2.14. The molecule has 0 aromatic carbocycles. The molecule has 72 valence electrons. The number of hydrogen-bond donors (Lipinski definition) is 0. The largest absolute Gasteiger partial charge is 0.481 e. The van der Waals surface area contributed by atoms with E-state index in [4.69, 9.17) is 4.74 Å². The zero-order valence-electron chi connectivity index (χ0n) is 8.01. The van der Waals surface area contributed by atoms with Gasteiger partial charge >= 0.3 is 0 Å². The lowest BCUT2D eigenvalue weighted by atomic mass is 10.4.